The van der Waals surface area contributed by atoms with Crippen LogP contribution < -0.4 is 4.90 Å². The summed E-state index contributed by atoms with van der Waals surface area (Å²) in [5, 5.41) is 13.5. The van der Waals surface area contributed by atoms with Crippen molar-refractivity contribution in [3.8, 4) is 17.1 Å². The van der Waals surface area contributed by atoms with Crippen LogP contribution in [0.2, 0.25) is 5.02 Å². The molecule has 0 N–H and O–H groups in total. The minimum absolute atomic E-state index is 0.150. The van der Waals surface area contributed by atoms with Gasteiger partial charge in [-0.15, -0.1) is 0 Å². The van der Waals surface area contributed by atoms with Gasteiger partial charge in [0.05, 0.1) is 16.9 Å². The molecule has 1 aliphatic rings. The van der Waals surface area contributed by atoms with Gasteiger partial charge >= 0.3 is 6.18 Å². The fraction of sp³-hybridized carbons (Fsp3) is 0.375. The number of alkyl halides is 3. The highest BCUT2D eigenvalue weighted by Crippen LogP contribution is 2.34. The van der Waals surface area contributed by atoms with E-state index in [1.807, 2.05) is 41.4 Å². The molecule has 0 saturated carbocycles. The Morgan fingerprint density at radius 3 is 2.46 bits per heavy atom. The molecule has 0 amide bonds. The van der Waals surface area contributed by atoms with Gasteiger partial charge in [0, 0.05) is 37.4 Å². The first-order valence-corrected chi connectivity index (χ1v) is 11.8. The second kappa shape index (κ2) is 8.75. The fourth-order valence-corrected chi connectivity index (χ4v) is 4.66. The van der Waals surface area contributed by atoms with Gasteiger partial charge in [0.15, 0.2) is 5.69 Å². The van der Waals surface area contributed by atoms with Crippen LogP contribution in [-0.4, -0.2) is 35.9 Å². The van der Waals surface area contributed by atoms with E-state index in [4.69, 9.17) is 16.7 Å². The zero-order valence-electron chi connectivity index (χ0n) is 19.6. The SMILES string of the molecule is Cc1cc(C(F)(F)F)nn1-c1ccc(CN2CCCn3nc(-c4c(Cl)cnn4C(C)C)cc32)cc1. The predicted molar refractivity (Wildman–Crippen MR) is 128 cm³/mol. The third-order valence-electron chi connectivity index (χ3n) is 6.10. The Bertz CT molecular complexity index is 1350. The third-order valence-corrected chi connectivity index (χ3v) is 6.37. The zero-order chi connectivity index (χ0) is 24.9. The molecule has 0 atom stereocenters. The molecule has 184 valence electrons. The standard InChI is InChI=1S/C24H25ClF3N7/c1-15(2)34-23(19(25)13-29-34)20-12-22-32(9-4-10-33(22)30-20)14-17-5-7-18(8-6-17)35-16(3)11-21(31-35)24(26,27)28/h5-8,11-13,15H,4,9-10,14H2,1-3H3. The van der Waals surface area contributed by atoms with Crippen LogP contribution in [0.4, 0.5) is 19.0 Å². The van der Waals surface area contributed by atoms with Crippen molar-refractivity contribution in [3.63, 3.8) is 0 Å². The number of aryl methyl sites for hydroxylation is 2. The first-order chi connectivity index (χ1) is 16.6. The van der Waals surface area contributed by atoms with Crippen molar-refractivity contribution in [1.82, 2.24) is 29.3 Å². The summed E-state index contributed by atoms with van der Waals surface area (Å²) in [6.45, 7) is 8.05. The average Bonchev–Trinajstić information content (AvgIpc) is 3.50. The molecule has 3 aromatic heterocycles. The molecule has 4 aromatic rings. The lowest BCUT2D eigenvalue weighted by Crippen LogP contribution is -2.31. The van der Waals surface area contributed by atoms with Gasteiger partial charge in [-0.1, -0.05) is 23.7 Å². The topological polar surface area (TPSA) is 56.7 Å². The van der Waals surface area contributed by atoms with Crippen molar-refractivity contribution < 1.29 is 13.2 Å². The Hall–Kier alpha value is -3.27. The number of fused-ring (bicyclic) bond motifs is 1. The summed E-state index contributed by atoms with van der Waals surface area (Å²) in [5.41, 5.74) is 2.75. The lowest BCUT2D eigenvalue weighted by Gasteiger charge is -2.29. The number of hydrogen-bond donors (Lipinski definition) is 0. The van der Waals surface area contributed by atoms with Gasteiger partial charge in [-0.25, -0.2) is 9.36 Å². The van der Waals surface area contributed by atoms with E-state index in [9.17, 15) is 13.2 Å². The van der Waals surface area contributed by atoms with E-state index < -0.39 is 11.9 Å². The average molecular weight is 504 g/mol. The summed E-state index contributed by atoms with van der Waals surface area (Å²) in [4.78, 5) is 2.25. The minimum Gasteiger partial charge on any atom is -0.352 e. The Labute approximate surface area is 205 Å². The molecular formula is C24H25ClF3N7. The maximum Gasteiger partial charge on any atom is 0.435 e. The molecule has 7 nitrogen and oxygen atoms in total. The Balaban J connectivity index is 1.39. The number of halogens is 4. The molecule has 11 heteroatoms. The third kappa shape index (κ3) is 4.42. The van der Waals surface area contributed by atoms with E-state index in [1.54, 1.807) is 25.3 Å². The van der Waals surface area contributed by atoms with Crippen molar-refractivity contribution in [1.29, 1.82) is 0 Å². The van der Waals surface area contributed by atoms with E-state index in [2.05, 4.69) is 15.1 Å². The predicted octanol–water partition coefficient (Wildman–Crippen LogP) is 5.90. The van der Waals surface area contributed by atoms with Crippen molar-refractivity contribution >= 4 is 17.4 Å². The quantitative estimate of drug-likeness (QED) is 0.340. The molecule has 0 saturated heterocycles. The molecule has 0 spiro atoms. The second-order valence-corrected chi connectivity index (χ2v) is 9.42. The molecular weight excluding hydrogens is 479 g/mol. The van der Waals surface area contributed by atoms with Gasteiger partial charge in [-0.05, 0) is 51.0 Å². The van der Waals surface area contributed by atoms with Gasteiger partial charge in [-0.3, -0.25) is 4.68 Å². The van der Waals surface area contributed by atoms with Crippen LogP contribution >= 0.6 is 11.6 Å². The van der Waals surface area contributed by atoms with Crippen molar-refractivity contribution in [2.45, 2.75) is 52.5 Å². The number of hydrogen-bond acceptors (Lipinski definition) is 4. The fourth-order valence-electron chi connectivity index (χ4n) is 4.44. The van der Waals surface area contributed by atoms with Crippen LogP contribution in [0.5, 0.6) is 0 Å². The van der Waals surface area contributed by atoms with E-state index in [0.29, 0.717) is 22.9 Å². The molecule has 0 radical (unpaired) electrons. The largest absolute Gasteiger partial charge is 0.435 e. The zero-order valence-corrected chi connectivity index (χ0v) is 20.3. The summed E-state index contributed by atoms with van der Waals surface area (Å²) in [6.07, 6.45) is -1.87. The maximum atomic E-state index is 13.0. The first-order valence-electron chi connectivity index (χ1n) is 11.4. The summed E-state index contributed by atoms with van der Waals surface area (Å²) in [5.74, 6) is 1.00. The lowest BCUT2D eigenvalue weighted by molar-refractivity contribution is -0.141. The van der Waals surface area contributed by atoms with E-state index in [1.165, 1.54) is 4.68 Å². The molecule has 35 heavy (non-hydrogen) atoms. The maximum absolute atomic E-state index is 13.0. The Morgan fingerprint density at radius 1 is 1.06 bits per heavy atom. The van der Waals surface area contributed by atoms with Crippen LogP contribution in [0.1, 0.15) is 43.3 Å². The van der Waals surface area contributed by atoms with Crippen LogP contribution in [0.25, 0.3) is 17.1 Å². The number of benzene rings is 1. The van der Waals surface area contributed by atoms with Gasteiger partial charge in [-0.2, -0.15) is 28.5 Å². The van der Waals surface area contributed by atoms with Crippen LogP contribution in [0.3, 0.4) is 0 Å². The highest BCUT2D eigenvalue weighted by atomic mass is 35.5. The van der Waals surface area contributed by atoms with Crippen molar-refractivity contribution in [2.24, 2.45) is 0 Å². The summed E-state index contributed by atoms with van der Waals surface area (Å²) < 4.78 is 44.2. The Kier molecular flexibility index (Phi) is 5.86. The highest BCUT2D eigenvalue weighted by Gasteiger charge is 2.34. The molecule has 0 aliphatic carbocycles. The number of aromatic nitrogens is 6. The molecule has 5 rings (SSSR count). The van der Waals surface area contributed by atoms with Crippen molar-refractivity contribution in [2.75, 3.05) is 11.4 Å². The molecule has 1 aliphatic heterocycles. The smallest absolute Gasteiger partial charge is 0.352 e. The van der Waals surface area contributed by atoms with Gasteiger partial charge < -0.3 is 4.90 Å². The molecule has 0 fully saturated rings. The number of nitrogens with zero attached hydrogens (tertiary/aromatic N) is 7. The summed E-state index contributed by atoms with van der Waals surface area (Å²) in [6, 6.07) is 10.7. The minimum atomic E-state index is -4.47. The van der Waals surface area contributed by atoms with E-state index in [0.717, 1.165) is 48.3 Å². The van der Waals surface area contributed by atoms with Gasteiger partial charge in [0.25, 0.3) is 0 Å². The van der Waals surface area contributed by atoms with Crippen LogP contribution in [0.15, 0.2) is 42.6 Å². The molecule has 1 aromatic carbocycles. The number of anilines is 1. The van der Waals surface area contributed by atoms with Gasteiger partial charge in [0.1, 0.15) is 17.2 Å². The lowest BCUT2D eigenvalue weighted by atomic mass is 10.1. The normalized spacial score (nSPS) is 14.1. The first kappa shape index (κ1) is 23.5. The molecule has 4 heterocycles. The number of rotatable bonds is 5. The van der Waals surface area contributed by atoms with E-state index >= 15 is 0 Å². The van der Waals surface area contributed by atoms with Crippen LogP contribution in [-0.2, 0) is 19.3 Å². The Morgan fingerprint density at radius 2 is 1.80 bits per heavy atom. The highest BCUT2D eigenvalue weighted by molar-refractivity contribution is 6.32. The van der Waals surface area contributed by atoms with Gasteiger partial charge in [0.2, 0.25) is 0 Å². The molecule has 0 bridgehead atoms. The second-order valence-electron chi connectivity index (χ2n) is 9.01. The monoisotopic (exact) mass is 503 g/mol. The summed E-state index contributed by atoms with van der Waals surface area (Å²) >= 11 is 6.44. The van der Waals surface area contributed by atoms with Crippen molar-refractivity contribution in [3.05, 3.63) is 64.6 Å². The van der Waals surface area contributed by atoms with Crippen LogP contribution in [0, 0.1) is 6.92 Å². The molecule has 0 unspecified atom stereocenters. The van der Waals surface area contributed by atoms with E-state index in [-0.39, 0.29) is 6.04 Å². The summed E-state index contributed by atoms with van der Waals surface area (Å²) in [7, 11) is 0.